The van der Waals surface area contributed by atoms with Crippen molar-refractivity contribution < 1.29 is 18.8 Å². The number of nitrogens with one attached hydrogen (secondary N) is 2. The highest BCUT2D eigenvalue weighted by Gasteiger charge is 2.39. The van der Waals surface area contributed by atoms with E-state index < -0.39 is 0 Å². The van der Waals surface area contributed by atoms with Crippen molar-refractivity contribution in [1.82, 2.24) is 15.8 Å². The quantitative estimate of drug-likeness (QED) is 0.874. The maximum absolute atomic E-state index is 12.4. The molecule has 2 saturated heterocycles. The molecule has 7 heteroatoms. The number of fused-ring (bicyclic) bond motifs is 2. The first-order chi connectivity index (χ1) is 11.7. The number of benzene rings is 1. The Morgan fingerprint density at radius 1 is 1.33 bits per heavy atom. The molecule has 4 rings (SSSR count). The van der Waals surface area contributed by atoms with Gasteiger partial charge in [0.2, 0.25) is 0 Å². The Morgan fingerprint density at radius 2 is 2.17 bits per heavy atom. The molecule has 1 aromatic carbocycles. The predicted octanol–water partition coefficient (Wildman–Crippen LogP) is 2.10. The second-order valence-corrected chi connectivity index (χ2v) is 6.18. The van der Waals surface area contributed by atoms with Crippen molar-refractivity contribution in [1.29, 1.82) is 0 Å². The van der Waals surface area contributed by atoms with Crippen LogP contribution in [-0.2, 0) is 0 Å². The van der Waals surface area contributed by atoms with Gasteiger partial charge < -0.3 is 24.6 Å². The standard InChI is InChI=1S/C17H19N3O4/c1-22-16-9-15(20-24-16)23-12-5-2-10(3-6-12)17(21)19-14-8-11-4-7-13(14)18-11/h2-3,5-6,9,11,13-14,18H,4,7-8H2,1H3,(H,19,21)/t11-,13+,14-/m1/s1. The smallest absolute Gasteiger partial charge is 0.314 e. The minimum Gasteiger partial charge on any atom is -0.467 e. The number of carbonyl (C=O) groups is 1. The Kier molecular flexibility index (Phi) is 3.86. The highest BCUT2D eigenvalue weighted by molar-refractivity contribution is 5.94. The average Bonchev–Trinajstić information content (AvgIpc) is 3.32. The fraction of sp³-hybridized carbons (Fsp3) is 0.412. The van der Waals surface area contributed by atoms with Crippen molar-refractivity contribution in [3.8, 4) is 17.6 Å². The van der Waals surface area contributed by atoms with Crippen LogP contribution in [0.5, 0.6) is 17.6 Å². The van der Waals surface area contributed by atoms with E-state index in [2.05, 4.69) is 15.8 Å². The topological polar surface area (TPSA) is 85.6 Å². The van der Waals surface area contributed by atoms with Crippen LogP contribution in [0.3, 0.4) is 0 Å². The Balaban J connectivity index is 1.37. The second kappa shape index (κ2) is 6.16. The largest absolute Gasteiger partial charge is 0.467 e. The van der Waals surface area contributed by atoms with Gasteiger partial charge in [-0.25, -0.2) is 0 Å². The molecule has 24 heavy (non-hydrogen) atoms. The molecule has 0 saturated carbocycles. The van der Waals surface area contributed by atoms with Gasteiger partial charge in [0.25, 0.3) is 11.8 Å². The van der Waals surface area contributed by atoms with E-state index in [0.717, 1.165) is 12.8 Å². The van der Waals surface area contributed by atoms with Gasteiger partial charge in [-0.3, -0.25) is 4.79 Å². The van der Waals surface area contributed by atoms with E-state index in [0.29, 0.717) is 29.3 Å². The van der Waals surface area contributed by atoms with Gasteiger partial charge in [-0.05, 0) is 48.7 Å². The van der Waals surface area contributed by atoms with Crippen LogP contribution in [0.15, 0.2) is 34.9 Å². The number of hydrogen-bond acceptors (Lipinski definition) is 6. The Morgan fingerprint density at radius 3 is 2.79 bits per heavy atom. The van der Waals surface area contributed by atoms with Gasteiger partial charge >= 0.3 is 5.95 Å². The van der Waals surface area contributed by atoms with E-state index in [1.54, 1.807) is 30.3 Å². The lowest BCUT2D eigenvalue weighted by molar-refractivity contribution is 0.0931. The summed E-state index contributed by atoms with van der Waals surface area (Å²) < 4.78 is 15.3. The Bertz CT molecular complexity index is 728. The van der Waals surface area contributed by atoms with E-state index in [-0.39, 0.29) is 17.9 Å². The van der Waals surface area contributed by atoms with E-state index in [1.807, 2.05) is 0 Å². The van der Waals surface area contributed by atoms with Gasteiger partial charge in [0, 0.05) is 23.7 Å². The summed E-state index contributed by atoms with van der Waals surface area (Å²) in [6.07, 6.45) is 3.38. The van der Waals surface area contributed by atoms with Crippen molar-refractivity contribution in [3.05, 3.63) is 35.9 Å². The summed E-state index contributed by atoms with van der Waals surface area (Å²) in [4.78, 5) is 12.4. The Hall–Kier alpha value is -2.54. The number of hydrogen-bond donors (Lipinski definition) is 2. The van der Waals surface area contributed by atoms with Crippen LogP contribution >= 0.6 is 0 Å². The summed E-state index contributed by atoms with van der Waals surface area (Å²) in [7, 11) is 1.49. The van der Waals surface area contributed by atoms with Crippen LogP contribution in [0.1, 0.15) is 29.6 Å². The minimum absolute atomic E-state index is 0.0518. The van der Waals surface area contributed by atoms with Crippen molar-refractivity contribution in [3.63, 3.8) is 0 Å². The minimum atomic E-state index is -0.0518. The van der Waals surface area contributed by atoms with E-state index in [9.17, 15) is 4.79 Å². The van der Waals surface area contributed by atoms with Crippen LogP contribution in [0.25, 0.3) is 0 Å². The fourth-order valence-corrected chi connectivity index (χ4v) is 3.42. The summed E-state index contributed by atoms with van der Waals surface area (Å²) in [5.74, 6) is 1.10. The predicted molar refractivity (Wildman–Crippen MR) is 85.4 cm³/mol. The third kappa shape index (κ3) is 2.94. The van der Waals surface area contributed by atoms with Crippen molar-refractivity contribution in [2.24, 2.45) is 0 Å². The first kappa shape index (κ1) is 15.0. The lowest BCUT2D eigenvalue weighted by Crippen LogP contribution is -2.42. The van der Waals surface area contributed by atoms with Crippen LogP contribution < -0.4 is 20.1 Å². The summed E-state index contributed by atoms with van der Waals surface area (Å²) >= 11 is 0. The zero-order valence-corrected chi connectivity index (χ0v) is 13.3. The molecule has 126 valence electrons. The summed E-state index contributed by atoms with van der Waals surface area (Å²) in [6, 6.07) is 9.70. The summed E-state index contributed by atoms with van der Waals surface area (Å²) in [5.41, 5.74) is 0.614. The molecule has 3 atom stereocenters. The number of ether oxygens (including phenoxy) is 2. The van der Waals surface area contributed by atoms with Gasteiger partial charge in [-0.15, -0.1) is 0 Å². The third-order valence-electron chi connectivity index (χ3n) is 4.62. The first-order valence-corrected chi connectivity index (χ1v) is 8.07. The zero-order chi connectivity index (χ0) is 16.5. The van der Waals surface area contributed by atoms with Crippen LogP contribution in [-0.4, -0.2) is 36.3 Å². The number of amides is 1. The number of carbonyl (C=O) groups excluding carboxylic acids is 1. The molecule has 3 heterocycles. The molecule has 0 radical (unpaired) electrons. The van der Waals surface area contributed by atoms with Crippen molar-refractivity contribution >= 4 is 5.91 Å². The van der Waals surface area contributed by atoms with Gasteiger partial charge in [0.1, 0.15) is 5.75 Å². The average molecular weight is 329 g/mol. The van der Waals surface area contributed by atoms with E-state index in [4.69, 9.17) is 14.0 Å². The molecule has 2 aliphatic rings. The molecule has 7 nitrogen and oxygen atoms in total. The van der Waals surface area contributed by atoms with Gasteiger partial charge in [-0.2, -0.15) is 0 Å². The highest BCUT2D eigenvalue weighted by atomic mass is 16.6. The fourth-order valence-electron chi connectivity index (χ4n) is 3.42. The first-order valence-electron chi connectivity index (χ1n) is 8.07. The molecule has 0 spiro atoms. The SMILES string of the molecule is COc1cc(Oc2ccc(C(=O)N[C@@H]3C[C@H]4CC[C@@H]3N4)cc2)no1. The lowest BCUT2D eigenvalue weighted by atomic mass is 9.95. The summed E-state index contributed by atoms with van der Waals surface area (Å²) in [6.45, 7) is 0. The van der Waals surface area contributed by atoms with E-state index in [1.165, 1.54) is 13.5 Å². The molecule has 2 N–H and O–H groups in total. The molecule has 1 aromatic heterocycles. The van der Waals surface area contributed by atoms with Crippen LogP contribution in [0.4, 0.5) is 0 Å². The maximum Gasteiger partial charge on any atom is 0.314 e. The molecule has 2 aromatic rings. The second-order valence-electron chi connectivity index (χ2n) is 6.18. The van der Waals surface area contributed by atoms with E-state index >= 15 is 0 Å². The molecular formula is C17H19N3O4. The maximum atomic E-state index is 12.4. The number of methoxy groups -OCH3 is 1. The Labute approximate surface area is 139 Å². The molecular weight excluding hydrogens is 310 g/mol. The third-order valence-corrected chi connectivity index (χ3v) is 4.62. The van der Waals surface area contributed by atoms with Crippen LogP contribution in [0.2, 0.25) is 0 Å². The molecule has 2 bridgehead atoms. The number of aromatic nitrogens is 1. The normalized spacial score (nSPS) is 24.8. The molecule has 0 aliphatic carbocycles. The zero-order valence-electron chi connectivity index (χ0n) is 13.3. The number of nitrogens with zero attached hydrogens (tertiary/aromatic N) is 1. The van der Waals surface area contributed by atoms with Gasteiger partial charge in [-0.1, -0.05) is 0 Å². The lowest BCUT2D eigenvalue weighted by Gasteiger charge is -2.21. The molecule has 1 amide bonds. The van der Waals surface area contributed by atoms with Gasteiger partial charge in [0.05, 0.1) is 13.2 Å². The molecule has 0 unspecified atom stereocenters. The molecule has 2 fully saturated rings. The van der Waals surface area contributed by atoms with Crippen molar-refractivity contribution in [2.75, 3.05) is 7.11 Å². The van der Waals surface area contributed by atoms with Crippen LogP contribution in [0, 0.1) is 0 Å². The van der Waals surface area contributed by atoms with Gasteiger partial charge in [0.15, 0.2) is 0 Å². The summed E-state index contributed by atoms with van der Waals surface area (Å²) in [5, 5.41) is 10.4. The molecule has 2 aliphatic heterocycles. The number of rotatable bonds is 5. The highest BCUT2D eigenvalue weighted by Crippen LogP contribution is 2.28. The monoisotopic (exact) mass is 329 g/mol. The van der Waals surface area contributed by atoms with Crippen molar-refractivity contribution in [2.45, 2.75) is 37.4 Å².